The van der Waals surface area contributed by atoms with Crippen molar-refractivity contribution in [3.8, 4) is 0 Å². The molecule has 0 saturated carbocycles. The summed E-state index contributed by atoms with van der Waals surface area (Å²) < 4.78 is 28.9. The van der Waals surface area contributed by atoms with Gasteiger partial charge in [0.1, 0.15) is 12.6 Å². The predicted molar refractivity (Wildman–Crippen MR) is 151 cm³/mol. The maximum atomic E-state index is 14.0. The molecular formula is C30H37N3O4S. The van der Waals surface area contributed by atoms with Gasteiger partial charge in [-0.3, -0.25) is 13.9 Å². The summed E-state index contributed by atoms with van der Waals surface area (Å²) in [6.45, 7) is 10.8. The second-order valence-electron chi connectivity index (χ2n) is 9.89. The van der Waals surface area contributed by atoms with Gasteiger partial charge in [0.15, 0.2) is 0 Å². The molecule has 0 aliphatic heterocycles. The van der Waals surface area contributed by atoms with Crippen molar-refractivity contribution in [2.24, 2.45) is 0 Å². The van der Waals surface area contributed by atoms with E-state index in [-0.39, 0.29) is 23.4 Å². The quantitative estimate of drug-likeness (QED) is 0.406. The summed E-state index contributed by atoms with van der Waals surface area (Å²) >= 11 is 0. The normalized spacial score (nSPS) is 12.2. The first kappa shape index (κ1) is 28.9. The second kappa shape index (κ2) is 12.3. The fraction of sp³-hybridized carbons (Fsp3) is 0.333. The van der Waals surface area contributed by atoms with Crippen molar-refractivity contribution < 1.29 is 18.0 Å². The van der Waals surface area contributed by atoms with E-state index in [1.165, 1.54) is 17.0 Å². The summed E-state index contributed by atoms with van der Waals surface area (Å²) in [7, 11) is -4.08. The zero-order valence-electron chi connectivity index (χ0n) is 22.9. The number of hydrogen-bond acceptors (Lipinski definition) is 4. The van der Waals surface area contributed by atoms with Gasteiger partial charge >= 0.3 is 0 Å². The first-order chi connectivity index (χ1) is 17.9. The number of nitrogens with one attached hydrogen (secondary N) is 1. The van der Waals surface area contributed by atoms with E-state index in [4.69, 9.17) is 0 Å². The molecule has 3 rings (SSSR count). The van der Waals surface area contributed by atoms with E-state index in [0.717, 1.165) is 26.6 Å². The zero-order chi connectivity index (χ0) is 28.0. The molecule has 0 saturated heterocycles. The Morgan fingerprint density at radius 1 is 0.868 bits per heavy atom. The van der Waals surface area contributed by atoms with Crippen LogP contribution in [0.15, 0.2) is 77.7 Å². The number of rotatable bonds is 10. The van der Waals surface area contributed by atoms with E-state index >= 15 is 0 Å². The van der Waals surface area contributed by atoms with Gasteiger partial charge in [-0.05, 0) is 76.4 Å². The molecule has 38 heavy (non-hydrogen) atoms. The Balaban J connectivity index is 2.07. The van der Waals surface area contributed by atoms with E-state index in [2.05, 4.69) is 5.32 Å². The fourth-order valence-corrected chi connectivity index (χ4v) is 5.73. The van der Waals surface area contributed by atoms with Crippen molar-refractivity contribution in [2.75, 3.05) is 10.8 Å². The smallest absolute Gasteiger partial charge is 0.264 e. The van der Waals surface area contributed by atoms with E-state index in [1.54, 1.807) is 37.3 Å². The molecule has 1 atom stereocenters. The molecule has 8 heteroatoms. The van der Waals surface area contributed by atoms with Gasteiger partial charge in [-0.15, -0.1) is 0 Å². The number of carbonyl (C=O) groups is 2. The van der Waals surface area contributed by atoms with Gasteiger partial charge in [0, 0.05) is 12.6 Å². The fourth-order valence-electron chi connectivity index (χ4n) is 4.23. The molecule has 202 valence electrons. The maximum Gasteiger partial charge on any atom is 0.264 e. The average molecular weight is 536 g/mol. The summed E-state index contributed by atoms with van der Waals surface area (Å²) in [6, 6.07) is 20.2. The van der Waals surface area contributed by atoms with Crippen LogP contribution in [0.3, 0.4) is 0 Å². The third-order valence-electron chi connectivity index (χ3n) is 6.49. The molecular weight excluding hydrogens is 498 g/mol. The molecule has 0 fully saturated rings. The van der Waals surface area contributed by atoms with Gasteiger partial charge in [0.2, 0.25) is 11.8 Å². The number of anilines is 1. The van der Waals surface area contributed by atoms with E-state index in [1.807, 2.05) is 65.0 Å². The Kier molecular flexibility index (Phi) is 9.33. The van der Waals surface area contributed by atoms with Crippen molar-refractivity contribution in [3.05, 3.63) is 95.1 Å². The molecule has 3 aromatic carbocycles. The molecule has 0 bridgehead atoms. The molecule has 7 nitrogen and oxygen atoms in total. The third-order valence-corrected chi connectivity index (χ3v) is 8.26. The topological polar surface area (TPSA) is 86.8 Å². The number of hydrogen-bond donors (Lipinski definition) is 1. The van der Waals surface area contributed by atoms with Gasteiger partial charge in [0.05, 0.1) is 10.6 Å². The molecule has 0 heterocycles. The van der Waals surface area contributed by atoms with E-state index in [9.17, 15) is 18.0 Å². The standard InChI is InChI=1S/C30H37N3O4S/c1-21(2)31-30(35)25(6)32(19-26-14-10-12-22(3)18-26)29(34)20-33(28-17-11-13-23(4)24(28)5)38(36,37)27-15-8-7-9-16-27/h7-18,21,25H,19-20H2,1-6H3,(H,31,35). The first-order valence-electron chi connectivity index (χ1n) is 12.7. The Bertz CT molecular complexity index is 1390. The molecule has 1 unspecified atom stereocenters. The molecule has 0 aliphatic rings. The number of sulfonamides is 1. The van der Waals surface area contributed by atoms with E-state index in [0.29, 0.717) is 5.69 Å². The summed E-state index contributed by atoms with van der Waals surface area (Å²) in [5.74, 6) is -0.775. The van der Waals surface area contributed by atoms with Crippen LogP contribution in [0.5, 0.6) is 0 Å². The monoisotopic (exact) mass is 535 g/mol. The van der Waals surface area contributed by atoms with Gasteiger partial charge in [-0.25, -0.2) is 8.42 Å². The summed E-state index contributed by atoms with van der Waals surface area (Å²) in [6.07, 6.45) is 0. The molecule has 0 spiro atoms. The third kappa shape index (κ3) is 6.81. The minimum absolute atomic E-state index is 0.0875. The lowest BCUT2D eigenvalue weighted by Gasteiger charge is -2.33. The second-order valence-corrected chi connectivity index (χ2v) is 11.8. The number of aryl methyl sites for hydroxylation is 2. The lowest BCUT2D eigenvalue weighted by molar-refractivity contribution is -0.139. The minimum Gasteiger partial charge on any atom is -0.352 e. The number of nitrogens with zero attached hydrogens (tertiary/aromatic N) is 2. The highest BCUT2D eigenvalue weighted by atomic mass is 32.2. The first-order valence-corrected chi connectivity index (χ1v) is 14.1. The Hall–Kier alpha value is -3.65. The molecule has 1 N–H and O–H groups in total. The van der Waals surface area contributed by atoms with Crippen LogP contribution in [-0.2, 0) is 26.2 Å². The maximum absolute atomic E-state index is 14.0. The Morgan fingerprint density at radius 3 is 2.16 bits per heavy atom. The Morgan fingerprint density at radius 2 is 1.53 bits per heavy atom. The van der Waals surface area contributed by atoms with E-state index < -0.39 is 28.5 Å². The highest BCUT2D eigenvalue weighted by Gasteiger charge is 2.33. The number of amides is 2. The lowest BCUT2D eigenvalue weighted by Crippen LogP contribution is -2.52. The van der Waals surface area contributed by atoms with Crippen LogP contribution >= 0.6 is 0 Å². The number of benzene rings is 3. The van der Waals surface area contributed by atoms with Crippen molar-refractivity contribution in [1.82, 2.24) is 10.2 Å². The van der Waals surface area contributed by atoms with Gasteiger partial charge in [-0.1, -0.05) is 60.2 Å². The van der Waals surface area contributed by atoms with Crippen LogP contribution in [0, 0.1) is 20.8 Å². The Labute approximate surface area is 226 Å². The van der Waals surface area contributed by atoms with Crippen molar-refractivity contribution in [3.63, 3.8) is 0 Å². The zero-order valence-corrected chi connectivity index (χ0v) is 23.7. The van der Waals surface area contributed by atoms with Crippen molar-refractivity contribution in [2.45, 2.75) is 65.1 Å². The van der Waals surface area contributed by atoms with Crippen LogP contribution in [0.2, 0.25) is 0 Å². The largest absolute Gasteiger partial charge is 0.352 e. The average Bonchev–Trinajstić information content (AvgIpc) is 2.87. The molecule has 0 radical (unpaired) electrons. The van der Waals surface area contributed by atoms with Crippen molar-refractivity contribution >= 4 is 27.5 Å². The van der Waals surface area contributed by atoms with Crippen LogP contribution in [0.1, 0.15) is 43.0 Å². The van der Waals surface area contributed by atoms with Gasteiger partial charge in [0.25, 0.3) is 10.0 Å². The molecule has 0 aromatic heterocycles. The van der Waals surface area contributed by atoms with Gasteiger partial charge < -0.3 is 10.2 Å². The number of carbonyl (C=O) groups excluding carboxylic acids is 2. The SMILES string of the molecule is Cc1cccc(CN(C(=O)CN(c2cccc(C)c2C)S(=O)(=O)c2ccccc2)C(C)C(=O)NC(C)C)c1. The molecule has 0 aliphatic carbocycles. The minimum atomic E-state index is -4.08. The molecule has 3 aromatic rings. The summed E-state index contributed by atoms with van der Waals surface area (Å²) in [5.41, 5.74) is 3.97. The van der Waals surface area contributed by atoms with Crippen molar-refractivity contribution in [1.29, 1.82) is 0 Å². The van der Waals surface area contributed by atoms with Crippen LogP contribution in [0.25, 0.3) is 0 Å². The lowest BCUT2D eigenvalue weighted by atomic mass is 10.1. The van der Waals surface area contributed by atoms with Crippen LogP contribution in [-0.4, -0.2) is 43.8 Å². The predicted octanol–water partition coefficient (Wildman–Crippen LogP) is 4.75. The molecule has 2 amide bonds. The summed E-state index contributed by atoms with van der Waals surface area (Å²) in [5, 5.41) is 2.87. The summed E-state index contributed by atoms with van der Waals surface area (Å²) in [4.78, 5) is 28.5. The highest BCUT2D eigenvalue weighted by Crippen LogP contribution is 2.29. The van der Waals surface area contributed by atoms with Crippen LogP contribution < -0.4 is 9.62 Å². The highest BCUT2D eigenvalue weighted by molar-refractivity contribution is 7.92. The van der Waals surface area contributed by atoms with Gasteiger partial charge in [-0.2, -0.15) is 0 Å². The van der Waals surface area contributed by atoms with Crippen LogP contribution in [0.4, 0.5) is 5.69 Å².